The quantitative estimate of drug-likeness (QED) is 0.740. The Kier molecular flexibility index (Phi) is 3.54. The maximum Gasteiger partial charge on any atom is 0.238 e. The zero-order valence-corrected chi connectivity index (χ0v) is 13.4. The van der Waals surface area contributed by atoms with Crippen LogP contribution in [-0.4, -0.2) is 12.9 Å². The molecule has 0 amide bonds. The van der Waals surface area contributed by atoms with Crippen molar-refractivity contribution in [3.8, 4) is 16.2 Å². The second-order valence-corrected chi connectivity index (χ2v) is 7.44. The summed E-state index contributed by atoms with van der Waals surface area (Å²) in [6.07, 6.45) is 1.62. The summed E-state index contributed by atoms with van der Waals surface area (Å²) in [6, 6.07) is 12.1. The number of ether oxygens (including phenoxy) is 1. The van der Waals surface area contributed by atoms with Gasteiger partial charge in [-0.15, -0.1) is 0 Å². The van der Waals surface area contributed by atoms with E-state index in [1.165, 1.54) is 15.3 Å². The van der Waals surface area contributed by atoms with Gasteiger partial charge < -0.3 is 4.74 Å². The predicted molar refractivity (Wildman–Crippen MR) is 87.1 cm³/mol. The minimum absolute atomic E-state index is 0.0686. The molecule has 108 valence electrons. The Morgan fingerprint density at radius 1 is 1.05 bits per heavy atom. The number of hydrogen-bond acceptors (Lipinski definition) is 2. The Balaban J connectivity index is 2.00. The molecule has 0 saturated heterocycles. The molecule has 0 atom stereocenters. The maximum atomic E-state index is 12.2. The van der Waals surface area contributed by atoms with Crippen molar-refractivity contribution in [1.29, 1.82) is 0 Å². The molecular weight excluding hydrogens is 280 g/mol. The number of benzene rings is 1. The lowest BCUT2D eigenvalue weighted by Crippen LogP contribution is -2.26. The fourth-order valence-electron chi connectivity index (χ4n) is 2.79. The normalized spacial score (nSPS) is 16.4. The van der Waals surface area contributed by atoms with Crippen molar-refractivity contribution in [2.75, 3.05) is 7.11 Å². The molecule has 0 aliphatic heterocycles. The van der Waals surface area contributed by atoms with Crippen LogP contribution in [0.25, 0.3) is 10.4 Å². The van der Waals surface area contributed by atoms with Crippen LogP contribution in [-0.2, 0) is 6.42 Å². The van der Waals surface area contributed by atoms with Crippen molar-refractivity contribution < 1.29 is 9.53 Å². The molecule has 1 aromatic heterocycles. The van der Waals surface area contributed by atoms with Crippen LogP contribution < -0.4 is 4.74 Å². The molecule has 2 nitrogen and oxygen atoms in total. The smallest absolute Gasteiger partial charge is 0.238 e. The van der Waals surface area contributed by atoms with Crippen LogP contribution in [0.2, 0.25) is 0 Å². The molecule has 2 aromatic rings. The zero-order valence-electron chi connectivity index (χ0n) is 12.6. The van der Waals surface area contributed by atoms with Gasteiger partial charge >= 0.3 is 0 Å². The first-order chi connectivity index (χ1) is 9.98. The number of rotatable bonds is 2. The summed E-state index contributed by atoms with van der Waals surface area (Å²) in [7, 11) is 1.67. The first-order valence-electron chi connectivity index (χ1n) is 7.12. The van der Waals surface area contributed by atoms with Gasteiger partial charge in [0.25, 0.3) is 0 Å². The zero-order chi connectivity index (χ0) is 15.0. The molecule has 0 saturated carbocycles. The molecule has 1 aliphatic carbocycles. The fraction of sp³-hybridized carbons (Fsp3) is 0.333. The number of Topliss-reactive ketones (excluding diaryl/α,β-unsaturated/α-hetero) is 1. The lowest BCUT2D eigenvalue weighted by Gasteiger charge is -2.25. The summed E-state index contributed by atoms with van der Waals surface area (Å²) in [5.74, 6) is 1.14. The average molecular weight is 299 g/mol. The van der Waals surface area contributed by atoms with E-state index in [2.05, 4.69) is 32.0 Å². The molecular formula is C18H19O2S+. The van der Waals surface area contributed by atoms with E-state index in [0.29, 0.717) is 6.42 Å². The molecule has 0 unspecified atom stereocenters. The second-order valence-electron chi connectivity index (χ2n) is 6.31. The van der Waals surface area contributed by atoms with Gasteiger partial charge in [-0.1, -0.05) is 13.8 Å². The highest BCUT2D eigenvalue weighted by Crippen LogP contribution is 2.39. The summed E-state index contributed by atoms with van der Waals surface area (Å²) in [5.41, 5.74) is 2.15. The van der Waals surface area contributed by atoms with E-state index in [0.717, 1.165) is 17.7 Å². The maximum absolute atomic E-state index is 12.2. The number of ketones is 1. The van der Waals surface area contributed by atoms with Crippen molar-refractivity contribution in [3.05, 3.63) is 46.8 Å². The van der Waals surface area contributed by atoms with E-state index in [9.17, 15) is 4.79 Å². The third-order valence-corrected chi connectivity index (χ3v) is 5.09. The monoisotopic (exact) mass is 299 g/mol. The highest BCUT2D eigenvalue weighted by atomic mass is 32.1. The Bertz CT molecular complexity index is 687. The van der Waals surface area contributed by atoms with Crippen LogP contribution >= 0.6 is 11.3 Å². The highest BCUT2D eigenvalue weighted by Gasteiger charge is 2.36. The molecule has 0 radical (unpaired) electrons. The van der Waals surface area contributed by atoms with Gasteiger partial charge in [-0.2, -0.15) is 0 Å². The highest BCUT2D eigenvalue weighted by molar-refractivity contribution is 7.15. The summed E-state index contributed by atoms with van der Waals surface area (Å²) in [5, 5.41) is 0. The predicted octanol–water partition coefficient (Wildman–Crippen LogP) is 4.86. The van der Waals surface area contributed by atoms with Crippen molar-refractivity contribution in [1.82, 2.24) is 0 Å². The minimum Gasteiger partial charge on any atom is -0.497 e. The third-order valence-electron chi connectivity index (χ3n) is 3.89. The van der Waals surface area contributed by atoms with Gasteiger partial charge in [0.05, 0.1) is 12.7 Å². The van der Waals surface area contributed by atoms with Crippen LogP contribution in [0.5, 0.6) is 5.75 Å². The molecule has 0 N–H and O–H groups in total. The number of carbonyl (C=O) groups excluding carboxylic acids is 1. The third kappa shape index (κ3) is 2.84. The fourth-order valence-corrected chi connectivity index (χ4v) is 4.20. The van der Waals surface area contributed by atoms with Gasteiger partial charge in [-0.3, -0.25) is 4.79 Å². The Morgan fingerprint density at radius 3 is 2.43 bits per heavy atom. The Morgan fingerprint density at radius 2 is 1.76 bits per heavy atom. The average Bonchev–Trinajstić information content (AvgIpc) is 2.45. The second kappa shape index (κ2) is 5.23. The van der Waals surface area contributed by atoms with E-state index in [1.807, 2.05) is 18.2 Å². The molecule has 21 heavy (non-hydrogen) atoms. The van der Waals surface area contributed by atoms with Crippen LogP contribution in [0.3, 0.4) is 0 Å². The van der Waals surface area contributed by atoms with Crippen LogP contribution in [0.4, 0.5) is 0 Å². The van der Waals surface area contributed by atoms with Crippen molar-refractivity contribution in [2.45, 2.75) is 26.7 Å². The standard InChI is InChI=1S/C18H19O2S/c1-18(2)10-15(19)14-8-9-16(21-17(14)11-18)12-4-6-13(20-3)7-5-12/h4-9H,10-11H2,1-3H3/q+1. The van der Waals surface area contributed by atoms with E-state index in [4.69, 9.17) is 4.74 Å². The van der Waals surface area contributed by atoms with Crippen molar-refractivity contribution >= 4 is 17.1 Å². The number of carbonyl (C=O) groups is 1. The van der Waals surface area contributed by atoms with Gasteiger partial charge in [-0.25, -0.2) is 0 Å². The number of fused-ring (bicyclic) bond motifs is 1. The largest absolute Gasteiger partial charge is 0.497 e. The summed E-state index contributed by atoms with van der Waals surface area (Å²) >= 11 is 1.74. The van der Waals surface area contributed by atoms with Crippen molar-refractivity contribution in [2.24, 2.45) is 5.41 Å². The molecule has 3 rings (SSSR count). The lowest BCUT2D eigenvalue weighted by atomic mass is 9.77. The van der Waals surface area contributed by atoms with Crippen LogP contribution in [0, 0.1) is 5.41 Å². The van der Waals surface area contributed by atoms with Gasteiger partial charge in [0.15, 0.2) is 5.78 Å². The topological polar surface area (TPSA) is 26.3 Å². The van der Waals surface area contributed by atoms with Crippen molar-refractivity contribution in [3.63, 3.8) is 0 Å². The summed E-state index contributed by atoms with van der Waals surface area (Å²) in [4.78, 5) is 14.6. The molecule has 0 bridgehead atoms. The van der Waals surface area contributed by atoms with Crippen LogP contribution in [0.15, 0.2) is 36.4 Å². The molecule has 1 heterocycles. The Hall–Kier alpha value is -1.74. The first-order valence-corrected chi connectivity index (χ1v) is 7.94. The van der Waals surface area contributed by atoms with Gasteiger partial charge in [0.2, 0.25) is 21.1 Å². The molecule has 1 aliphatic rings. The van der Waals surface area contributed by atoms with E-state index in [1.54, 1.807) is 18.4 Å². The van der Waals surface area contributed by atoms with Gasteiger partial charge in [0, 0.05) is 24.5 Å². The molecule has 0 fully saturated rings. The molecule has 3 heteroatoms. The SMILES string of the molecule is COc1ccc(-c2ccc3c([s+]2)CC(C)(C)CC3=O)cc1. The first kappa shape index (κ1) is 14.2. The van der Waals surface area contributed by atoms with Gasteiger partial charge in [0.1, 0.15) is 5.75 Å². The molecule has 1 aromatic carbocycles. The molecule has 0 spiro atoms. The number of hydrogen-bond donors (Lipinski definition) is 0. The minimum atomic E-state index is 0.0686. The Labute approximate surface area is 129 Å². The van der Waals surface area contributed by atoms with E-state index >= 15 is 0 Å². The number of methoxy groups -OCH3 is 1. The van der Waals surface area contributed by atoms with E-state index in [-0.39, 0.29) is 11.2 Å². The van der Waals surface area contributed by atoms with Gasteiger partial charge in [-0.05, 0) is 35.7 Å². The summed E-state index contributed by atoms with van der Waals surface area (Å²) in [6.45, 7) is 4.33. The lowest BCUT2D eigenvalue weighted by molar-refractivity contribution is 0.0914. The van der Waals surface area contributed by atoms with E-state index < -0.39 is 0 Å². The summed E-state index contributed by atoms with van der Waals surface area (Å²) < 4.78 is 5.20. The van der Waals surface area contributed by atoms with Crippen LogP contribution in [0.1, 0.15) is 35.5 Å².